The number of hydrogen-bond donors (Lipinski definition) is 2. The molecule has 2 aromatic rings. The number of nitrogens with zero attached hydrogens (tertiary/aromatic N) is 1. The molecule has 0 aliphatic carbocycles. The number of hydrogen-bond acceptors (Lipinski definition) is 2. The molecule has 0 saturated carbocycles. The van der Waals surface area contributed by atoms with Crippen LogP contribution in [0, 0.1) is 6.92 Å². The van der Waals surface area contributed by atoms with Gasteiger partial charge in [-0.25, -0.2) is 4.98 Å². The Morgan fingerprint density at radius 3 is 3.06 bits per heavy atom. The van der Waals surface area contributed by atoms with Gasteiger partial charge in [-0.2, -0.15) is 0 Å². The average Bonchev–Trinajstić information content (AvgIpc) is 2.77. The molecule has 3 heteroatoms. The molecule has 1 aliphatic rings. The van der Waals surface area contributed by atoms with Crippen LogP contribution in [0.25, 0.3) is 0 Å². The van der Waals surface area contributed by atoms with E-state index in [1.165, 1.54) is 16.8 Å². The quantitative estimate of drug-likeness (QED) is 0.760. The molecular weight excluding hydrogens is 198 g/mol. The fourth-order valence-corrected chi connectivity index (χ4v) is 2.39. The Labute approximate surface area is 94.9 Å². The second kappa shape index (κ2) is 3.76. The monoisotopic (exact) mass is 213 g/mol. The lowest BCUT2D eigenvalue weighted by molar-refractivity contribution is 0.551. The molecule has 0 saturated heterocycles. The van der Waals surface area contributed by atoms with Crippen molar-refractivity contribution in [1.82, 2.24) is 15.3 Å². The molecule has 1 aliphatic heterocycles. The molecule has 2 heterocycles. The molecular formula is C13H15N3. The number of fused-ring (bicyclic) bond motifs is 1. The van der Waals surface area contributed by atoms with Crippen LogP contribution in [0.2, 0.25) is 0 Å². The van der Waals surface area contributed by atoms with Crippen LogP contribution >= 0.6 is 0 Å². The zero-order chi connectivity index (χ0) is 11.0. The first-order chi connectivity index (χ1) is 7.86. The van der Waals surface area contributed by atoms with E-state index in [0.717, 1.165) is 18.7 Å². The molecule has 0 bridgehead atoms. The van der Waals surface area contributed by atoms with Gasteiger partial charge in [-0.15, -0.1) is 0 Å². The van der Waals surface area contributed by atoms with Gasteiger partial charge in [0.2, 0.25) is 0 Å². The number of rotatable bonds is 1. The van der Waals surface area contributed by atoms with Gasteiger partial charge in [0.1, 0.15) is 0 Å². The van der Waals surface area contributed by atoms with E-state index in [1.54, 1.807) is 6.33 Å². The first kappa shape index (κ1) is 9.60. The van der Waals surface area contributed by atoms with Gasteiger partial charge < -0.3 is 10.3 Å². The summed E-state index contributed by atoms with van der Waals surface area (Å²) in [4.78, 5) is 7.66. The Balaban J connectivity index is 2.08. The summed E-state index contributed by atoms with van der Waals surface area (Å²) < 4.78 is 0. The highest BCUT2D eigenvalue weighted by Crippen LogP contribution is 2.27. The molecule has 82 valence electrons. The SMILES string of the molecule is Cc1ccccc1C1NCCc2[nH]cnc21. The van der Waals surface area contributed by atoms with Gasteiger partial charge in [-0.3, -0.25) is 0 Å². The molecule has 1 aromatic carbocycles. The molecule has 2 N–H and O–H groups in total. The molecule has 1 unspecified atom stereocenters. The van der Waals surface area contributed by atoms with Gasteiger partial charge in [0, 0.05) is 18.7 Å². The van der Waals surface area contributed by atoms with E-state index < -0.39 is 0 Å². The van der Waals surface area contributed by atoms with Gasteiger partial charge in [0.25, 0.3) is 0 Å². The summed E-state index contributed by atoms with van der Waals surface area (Å²) in [5.74, 6) is 0. The van der Waals surface area contributed by atoms with Gasteiger partial charge in [0.15, 0.2) is 0 Å². The summed E-state index contributed by atoms with van der Waals surface area (Å²) in [6.07, 6.45) is 2.83. The minimum absolute atomic E-state index is 0.246. The first-order valence-corrected chi connectivity index (χ1v) is 5.67. The van der Waals surface area contributed by atoms with Crippen LogP contribution in [0.4, 0.5) is 0 Å². The lowest BCUT2D eigenvalue weighted by Crippen LogP contribution is -2.31. The smallest absolute Gasteiger partial charge is 0.0926 e. The van der Waals surface area contributed by atoms with E-state index in [-0.39, 0.29) is 6.04 Å². The second-order valence-electron chi connectivity index (χ2n) is 4.26. The molecule has 0 radical (unpaired) electrons. The van der Waals surface area contributed by atoms with E-state index in [2.05, 4.69) is 46.5 Å². The Kier molecular flexibility index (Phi) is 2.26. The van der Waals surface area contributed by atoms with Crippen molar-refractivity contribution < 1.29 is 0 Å². The molecule has 3 nitrogen and oxygen atoms in total. The Hall–Kier alpha value is -1.61. The maximum Gasteiger partial charge on any atom is 0.0926 e. The van der Waals surface area contributed by atoms with Crippen LogP contribution < -0.4 is 5.32 Å². The van der Waals surface area contributed by atoms with Crippen LogP contribution in [0.3, 0.4) is 0 Å². The van der Waals surface area contributed by atoms with Crippen LogP contribution in [0.15, 0.2) is 30.6 Å². The summed E-state index contributed by atoms with van der Waals surface area (Å²) in [5.41, 5.74) is 5.07. The number of aromatic nitrogens is 2. The van der Waals surface area contributed by atoms with Crippen LogP contribution in [-0.2, 0) is 6.42 Å². The molecule has 0 fully saturated rings. The maximum absolute atomic E-state index is 4.44. The van der Waals surface area contributed by atoms with E-state index in [4.69, 9.17) is 0 Å². The van der Waals surface area contributed by atoms with Crippen LogP contribution in [0.5, 0.6) is 0 Å². The summed E-state index contributed by atoms with van der Waals surface area (Å²) in [6, 6.07) is 8.74. The summed E-state index contributed by atoms with van der Waals surface area (Å²) >= 11 is 0. The van der Waals surface area contributed by atoms with Crippen LogP contribution in [-0.4, -0.2) is 16.5 Å². The lowest BCUT2D eigenvalue weighted by atomic mass is 9.95. The Morgan fingerprint density at radius 2 is 2.19 bits per heavy atom. The summed E-state index contributed by atoms with van der Waals surface area (Å²) in [5, 5.41) is 3.54. The Bertz CT molecular complexity index is 501. The largest absolute Gasteiger partial charge is 0.348 e. The minimum atomic E-state index is 0.246. The predicted octanol–water partition coefficient (Wildman–Crippen LogP) is 1.95. The van der Waals surface area contributed by atoms with Crippen molar-refractivity contribution in [2.45, 2.75) is 19.4 Å². The molecule has 0 spiro atoms. The van der Waals surface area contributed by atoms with Gasteiger partial charge >= 0.3 is 0 Å². The number of nitrogens with one attached hydrogen (secondary N) is 2. The predicted molar refractivity (Wildman–Crippen MR) is 63.3 cm³/mol. The van der Waals surface area contributed by atoms with E-state index in [1.807, 2.05) is 0 Å². The molecule has 16 heavy (non-hydrogen) atoms. The molecule has 0 amide bonds. The fraction of sp³-hybridized carbons (Fsp3) is 0.308. The zero-order valence-corrected chi connectivity index (χ0v) is 9.33. The third-order valence-electron chi connectivity index (χ3n) is 3.25. The minimum Gasteiger partial charge on any atom is -0.348 e. The third-order valence-corrected chi connectivity index (χ3v) is 3.25. The van der Waals surface area contributed by atoms with Crippen LogP contribution in [0.1, 0.15) is 28.6 Å². The van der Waals surface area contributed by atoms with Crippen molar-refractivity contribution >= 4 is 0 Å². The van der Waals surface area contributed by atoms with E-state index in [0.29, 0.717) is 0 Å². The lowest BCUT2D eigenvalue weighted by Gasteiger charge is -2.24. The fourth-order valence-electron chi connectivity index (χ4n) is 2.39. The van der Waals surface area contributed by atoms with Crippen molar-refractivity contribution in [3.05, 3.63) is 53.1 Å². The van der Waals surface area contributed by atoms with Crippen molar-refractivity contribution in [1.29, 1.82) is 0 Å². The number of aryl methyl sites for hydroxylation is 1. The van der Waals surface area contributed by atoms with Gasteiger partial charge in [0.05, 0.1) is 18.1 Å². The van der Waals surface area contributed by atoms with E-state index in [9.17, 15) is 0 Å². The highest BCUT2D eigenvalue weighted by molar-refractivity contribution is 5.37. The molecule has 1 atom stereocenters. The summed E-state index contributed by atoms with van der Waals surface area (Å²) in [7, 11) is 0. The molecule has 3 rings (SSSR count). The van der Waals surface area contributed by atoms with Gasteiger partial charge in [-0.1, -0.05) is 24.3 Å². The van der Waals surface area contributed by atoms with Gasteiger partial charge in [-0.05, 0) is 18.1 Å². The maximum atomic E-state index is 4.44. The number of H-pyrrole nitrogens is 1. The van der Waals surface area contributed by atoms with Crippen molar-refractivity contribution in [2.24, 2.45) is 0 Å². The van der Waals surface area contributed by atoms with Crippen molar-refractivity contribution in [2.75, 3.05) is 6.54 Å². The Morgan fingerprint density at radius 1 is 1.31 bits per heavy atom. The highest BCUT2D eigenvalue weighted by atomic mass is 15.0. The zero-order valence-electron chi connectivity index (χ0n) is 9.33. The number of aromatic amines is 1. The average molecular weight is 213 g/mol. The second-order valence-corrected chi connectivity index (χ2v) is 4.26. The van der Waals surface area contributed by atoms with Crippen molar-refractivity contribution in [3.63, 3.8) is 0 Å². The van der Waals surface area contributed by atoms with E-state index >= 15 is 0 Å². The first-order valence-electron chi connectivity index (χ1n) is 5.67. The normalized spacial score (nSPS) is 19.4. The number of imidazole rings is 1. The van der Waals surface area contributed by atoms with Crippen molar-refractivity contribution in [3.8, 4) is 0 Å². The highest BCUT2D eigenvalue weighted by Gasteiger charge is 2.24. The topological polar surface area (TPSA) is 40.7 Å². The third kappa shape index (κ3) is 1.44. The molecule has 1 aromatic heterocycles. The number of benzene rings is 1. The standard InChI is InChI=1S/C13H15N3/c1-9-4-2-3-5-10(9)12-13-11(6-7-14-12)15-8-16-13/h2-5,8,12,14H,6-7H2,1H3,(H,15,16). The summed E-state index contributed by atoms with van der Waals surface area (Å²) in [6.45, 7) is 3.16.